The van der Waals surface area contributed by atoms with Crippen molar-refractivity contribution in [1.82, 2.24) is 14.9 Å². The van der Waals surface area contributed by atoms with Crippen molar-refractivity contribution in [3.63, 3.8) is 0 Å². The van der Waals surface area contributed by atoms with Gasteiger partial charge in [-0.1, -0.05) is 30.3 Å². The molecule has 34 heavy (non-hydrogen) atoms. The van der Waals surface area contributed by atoms with E-state index in [4.69, 9.17) is 0 Å². The number of carboxylic acid groups (broad SMARTS) is 1. The number of phenols is 1. The third-order valence-electron chi connectivity index (χ3n) is 5.20. The molecule has 0 aliphatic rings. The van der Waals surface area contributed by atoms with E-state index in [9.17, 15) is 19.8 Å². The van der Waals surface area contributed by atoms with Crippen LogP contribution in [0.1, 0.15) is 21.5 Å². The topological polar surface area (TPSA) is 116 Å². The van der Waals surface area contributed by atoms with E-state index in [1.165, 1.54) is 11.0 Å². The van der Waals surface area contributed by atoms with Gasteiger partial charge in [0.2, 0.25) is 0 Å². The molecule has 4 rings (SSSR count). The number of amides is 2. The van der Waals surface area contributed by atoms with Crippen LogP contribution in [0.4, 0.5) is 10.5 Å². The fourth-order valence-corrected chi connectivity index (χ4v) is 3.43. The number of hydrogen-bond acceptors (Lipinski definition) is 5. The zero-order chi connectivity index (χ0) is 23.9. The number of rotatable bonds is 7. The number of nitrogens with one attached hydrogen (secondary N) is 1. The second-order valence-electron chi connectivity index (χ2n) is 7.62. The summed E-state index contributed by atoms with van der Waals surface area (Å²) >= 11 is 0. The Morgan fingerprint density at radius 1 is 0.824 bits per heavy atom. The van der Waals surface area contributed by atoms with Crippen molar-refractivity contribution < 1.29 is 19.8 Å². The third kappa shape index (κ3) is 5.55. The van der Waals surface area contributed by atoms with Crippen LogP contribution in [0.25, 0.3) is 11.1 Å². The number of nitrogens with zero attached hydrogens (tertiary/aromatic N) is 3. The lowest BCUT2D eigenvalue weighted by molar-refractivity contribution is 0.102. The Labute approximate surface area is 196 Å². The molecule has 170 valence electrons. The molecule has 2 aromatic carbocycles. The number of carbonyl (C=O) groups is 2. The highest BCUT2D eigenvalue weighted by molar-refractivity contribution is 6.05. The lowest BCUT2D eigenvalue weighted by Crippen LogP contribution is -2.28. The molecule has 8 heteroatoms. The molecule has 2 heterocycles. The number of anilines is 1. The zero-order valence-electron chi connectivity index (χ0n) is 18.1. The van der Waals surface area contributed by atoms with Crippen molar-refractivity contribution in [3.05, 3.63) is 108 Å². The van der Waals surface area contributed by atoms with Crippen LogP contribution in [0.2, 0.25) is 0 Å². The smallest absolute Gasteiger partial charge is 0.407 e. The van der Waals surface area contributed by atoms with Gasteiger partial charge in [-0.15, -0.1) is 0 Å². The van der Waals surface area contributed by atoms with Gasteiger partial charge in [-0.05, 0) is 53.1 Å². The van der Waals surface area contributed by atoms with Gasteiger partial charge >= 0.3 is 6.09 Å². The molecular weight excluding hydrogens is 432 g/mol. The number of pyridine rings is 2. The Hall–Kier alpha value is -4.72. The number of aromatic hydroxyl groups is 1. The van der Waals surface area contributed by atoms with Crippen LogP contribution in [0.5, 0.6) is 5.75 Å². The van der Waals surface area contributed by atoms with Gasteiger partial charge in [0.05, 0.1) is 12.2 Å². The molecule has 0 atom stereocenters. The van der Waals surface area contributed by atoms with E-state index in [0.29, 0.717) is 5.56 Å². The fraction of sp³-hybridized carbons (Fsp3) is 0.0769. The van der Waals surface area contributed by atoms with Gasteiger partial charge < -0.3 is 15.5 Å². The first-order valence-electron chi connectivity index (χ1n) is 10.5. The van der Waals surface area contributed by atoms with Gasteiger partial charge in [-0.2, -0.15) is 0 Å². The molecule has 8 nitrogen and oxygen atoms in total. The molecule has 0 fully saturated rings. The molecule has 0 radical (unpaired) electrons. The highest BCUT2D eigenvalue weighted by Gasteiger charge is 2.15. The minimum absolute atomic E-state index is 0.0508. The molecule has 2 aromatic heterocycles. The predicted octanol–water partition coefficient (Wildman–Crippen LogP) is 4.78. The Bertz CT molecular complexity index is 1280. The van der Waals surface area contributed by atoms with Crippen molar-refractivity contribution in [2.75, 3.05) is 5.32 Å². The first-order chi connectivity index (χ1) is 16.5. The van der Waals surface area contributed by atoms with E-state index < -0.39 is 12.0 Å². The SMILES string of the molecule is O=C(Nc1cc(-c2cccnc2)ccc1O)c1ccc(CN(Cc2cccnc2)C(=O)O)cc1. The van der Waals surface area contributed by atoms with E-state index >= 15 is 0 Å². The van der Waals surface area contributed by atoms with Crippen LogP contribution in [0, 0.1) is 0 Å². The van der Waals surface area contributed by atoms with Gasteiger partial charge in [0.25, 0.3) is 5.91 Å². The minimum atomic E-state index is -1.05. The largest absolute Gasteiger partial charge is 0.506 e. The van der Waals surface area contributed by atoms with E-state index in [-0.39, 0.29) is 24.5 Å². The quantitative estimate of drug-likeness (QED) is 0.346. The Kier molecular flexibility index (Phi) is 6.78. The zero-order valence-corrected chi connectivity index (χ0v) is 18.1. The number of phenolic OH excluding ortho intramolecular Hbond substituents is 1. The van der Waals surface area contributed by atoms with Gasteiger partial charge in [-0.25, -0.2) is 4.79 Å². The standard InChI is InChI=1S/C26H22N4O4/c31-24-10-9-21(22-4-2-12-28-15-22)13-23(24)29-25(32)20-7-5-18(6-8-20)16-30(26(33)34)17-19-3-1-11-27-14-19/h1-15,31H,16-17H2,(H,29,32)(H,33,34). The second kappa shape index (κ2) is 10.3. The van der Waals surface area contributed by atoms with Crippen LogP contribution < -0.4 is 5.32 Å². The van der Waals surface area contributed by atoms with Crippen LogP contribution in [-0.4, -0.2) is 37.1 Å². The second-order valence-corrected chi connectivity index (χ2v) is 7.62. The maximum atomic E-state index is 12.8. The Balaban J connectivity index is 1.44. The average molecular weight is 454 g/mol. The Morgan fingerprint density at radius 3 is 2.18 bits per heavy atom. The first-order valence-corrected chi connectivity index (χ1v) is 10.5. The summed E-state index contributed by atoms with van der Waals surface area (Å²) in [5.41, 5.74) is 3.85. The van der Waals surface area contributed by atoms with Gasteiger partial charge in [0, 0.05) is 42.5 Å². The fourth-order valence-electron chi connectivity index (χ4n) is 3.43. The van der Waals surface area contributed by atoms with Crippen LogP contribution in [0.15, 0.2) is 91.5 Å². The molecule has 0 bridgehead atoms. The van der Waals surface area contributed by atoms with Crippen LogP contribution in [-0.2, 0) is 13.1 Å². The highest BCUT2D eigenvalue weighted by Crippen LogP contribution is 2.30. The molecule has 2 amide bonds. The van der Waals surface area contributed by atoms with Crippen LogP contribution in [0.3, 0.4) is 0 Å². The molecule has 0 aliphatic carbocycles. The summed E-state index contributed by atoms with van der Waals surface area (Å²) < 4.78 is 0. The molecule has 3 N–H and O–H groups in total. The summed E-state index contributed by atoms with van der Waals surface area (Å²) in [5, 5.41) is 22.5. The van der Waals surface area contributed by atoms with Crippen molar-refractivity contribution in [1.29, 1.82) is 0 Å². The van der Waals surface area contributed by atoms with Crippen molar-refractivity contribution in [2.24, 2.45) is 0 Å². The van der Waals surface area contributed by atoms with E-state index in [1.807, 2.05) is 18.2 Å². The maximum absolute atomic E-state index is 12.8. The van der Waals surface area contributed by atoms with Gasteiger partial charge in [0.1, 0.15) is 5.75 Å². The van der Waals surface area contributed by atoms with E-state index in [1.54, 1.807) is 67.3 Å². The summed E-state index contributed by atoms with van der Waals surface area (Å²) in [4.78, 5) is 33.8. The number of carbonyl (C=O) groups excluding carboxylic acids is 1. The average Bonchev–Trinajstić information content (AvgIpc) is 2.86. The third-order valence-corrected chi connectivity index (χ3v) is 5.20. The molecule has 0 unspecified atom stereocenters. The van der Waals surface area contributed by atoms with Crippen molar-refractivity contribution in [2.45, 2.75) is 13.1 Å². The summed E-state index contributed by atoms with van der Waals surface area (Å²) in [6.07, 6.45) is 5.58. The van der Waals surface area contributed by atoms with Gasteiger partial charge in [0.15, 0.2) is 0 Å². The van der Waals surface area contributed by atoms with E-state index in [0.717, 1.165) is 22.3 Å². The van der Waals surface area contributed by atoms with Gasteiger partial charge in [-0.3, -0.25) is 19.7 Å². The van der Waals surface area contributed by atoms with E-state index in [2.05, 4.69) is 15.3 Å². The number of aromatic nitrogens is 2. The van der Waals surface area contributed by atoms with Crippen molar-refractivity contribution in [3.8, 4) is 16.9 Å². The summed E-state index contributed by atoms with van der Waals surface area (Å²) in [7, 11) is 0. The number of hydrogen-bond donors (Lipinski definition) is 3. The first kappa shape index (κ1) is 22.5. The monoisotopic (exact) mass is 454 g/mol. The Morgan fingerprint density at radius 2 is 1.53 bits per heavy atom. The molecule has 0 aliphatic heterocycles. The molecule has 0 saturated carbocycles. The van der Waals surface area contributed by atoms with Crippen LogP contribution >= 0.6 is 0 Å². The lowest BCUT2D eigenvalue weighted by atomic mass is 10.1. The lowest BCUT2D eigenvalue weighted by Gasteiger charge is -2.19. The number of benzene rings is 2. The molecule has 0 spiro atoms. The summed E-state index contributed by atoms with van der Waals surface area (Å²) in [5.74, 6) is -0.444. The van der Waals surface area contributed by atoms with Crippen molar-refractivity contribution >= 4 is 17.7 Å². The normalized spacial score (nSPS) is 10.5. The maximum Gasteiger partial charge on any atom is 0.407 e. The summed E-state index contributed by atoms with van der Waals surface area (Å²) in [6.45, 7) is 0.373. The summed E-state index contributed by atoms with van der Waals surface area (Å²) in [6, 6.07) is 18.9. The minimum Gasteiger partial charge on any atom is -0.506 e. The molecule has 0 saturated heterocycles. The molecular formula is C26H22N4O4. The highest BCUT2D eigenvalue weighted by atomic mass is 16.4. The molecule has 4 aromatic rings. The predicted molar refractivity (Wildman–Crippen MR) is 127 cm³/mol.